The van der Waals surface area contributed by atoms with Gasteiger partial charge in [0, 0.05) is 23.6 Å². The van der Waals surface area contributed by atoms with Crippen LogP contribution < -0.4 is 15.4 Å². The van der Waals surface area contributed by atoms with Gasteiger partial charge in [-0.05, 0) is 36.9 Å². The standard InChI is InChI=1S/C18H25N5O5/c1-3-20-7-8-21-18(25)15-5-4-6-16(11-15)28-13-17(22-23-19)27-10-9-26-12-14(2)24/h3-6,11,17,20H,1,7-10,12-13H2,2H3,(H,21,25). The van der Waals surface area contributed by atoms with Crippen molar-refractivity contribution < 1.29 is 23.8 Å². The largest absolute Gasteiger partial charge is 0.491 e. The number of Topliss-reactive ketones (excluding diaryl/α,β-unsaturated/α-hetero) is 1. The van der Waals surface area contributed by atoms with Crippen molar-refractivity contribution >= 4 is 11.7 Å². The minimum Gasteiger partial charge on any atom is -0.491 e. The molecule has 10 heteroatoms. The highest BCUT2D eigenvalue weighted by Crippen LogP contribution is 2.14. The Morgan fingerprint density at radius 1 is 1.36 bits per heavy atom. The highest BCUT2D eigenvalue weighted by molar-refractivity contribution is 5.94. The SMILES string of the molecule is C=CNCCNC(=O)c1cccc(OCC(N=[N+]=[N-])OCCOCC(C)=O)c1. The predicted octanol–water partition coefficient (Wildman–Crippen LogP) is 1.79. The summed E-state index contributed by atoms with van der Waals surface area (Å²) in [5, 5.41) is 9.15. The minimum absolute atomic E-state index is 0.00452. The molecule has 0 bridgehead atoms. The predicted molar refractivity (Wildman–Crippen MR) is 103 cm³/mol. The third kappa shape index (κ3) is 10.2. The summed E-state index contributed by atoms with van der Waals surface area (Å²) < 4.78 is 16.0. The van der Waals surface area contributed by atoms with Crippen LogP contribution in [0, 0.1) is 0 Å². The number of hydrogen-bond donors (Lipinski definition) is 2. The monoisotopic (exact) mass is 391 g/mol. The van der Waals surface area contributed by atoms with Crippen LogP contribution in [-0.2, 0) is 14.3 Å². The molecular weight excluding hydrogens is 366 g/mol. The number of azide groups is 1. The quantitative estimate of drug-likeness (QED) is 0.202. The van der Waals surface area contributed by atoms with E-state index in [1.165, 1.54) is 6.92 Å². The van der Waals surface area contributed by atoms with Crippen LogP contribution >= 0.6 is 0 Å². The van der Waals surface area contributed by atoms with Crippen LogP contribution in [-0.4, -0.2) is 57.4 Å². The molecule has 0 spiro atoms. The zero-order chi connectivity index (χ0) is 20.6. The summed E-state index contributed by atoms with van der Waals surface area (Å²) in [5.41, 5.74) is 9.07. The maximum Gasteiger partial charge on any atom is 0.251 e. The summed E-state index contributed by atoms with van der Waals surface area (Å²) in [6.45, 7) is 6.27. The summed E-state index contributed by atoms with van der Waals surface area (Å²) >= 11 is 0. The van der Waals surface area contributed by atoms with Gasteiger partial charge in [0.05, 0.1) is 13.2 Å². The van der Waals surface area contributed by atoms with Crippen LogP contribution in [0.3, 0.4) is 0 Å². The minimum atomic E-state index is -0.867. The first-order valence-electron chi connectivity index (χ1n) is 8.65. The Morgan fingerprint density at radius 3 is 2.89 bits per heavy atom. The van der Waals surface area contributed by atoms with E-state index in [9.17, 15) is 9.59 Å². The van der Waals surface area contributed by atoms with Crippen molar-refractivity contribution in [2.75, 3.05) is 39.5 Å². The van der Waals surface area contributed by atoms with Gasteiger partial charge in [-0.15, -0.1) is 0 Å². The molecule has 0 saturated heterocycles. The van der Waals surface area contributed by atoms with E-state index in [4.69, 9.17) is 19.7 Å². The summed E-state index contributed by atoms with van der Waals surface area (Å²) in [6, 6.07) is 6.61. The van der Waals surface area contributed by atoms with E-state index >= 15 is 0 Å². The third-order valence-electron chi connectivity index (χ3n) is 3.21. The lowest BCUT2D eigenvalue weighted by Gasteiger charge is -2.14. The van der Waals surface area contributed by atoms with E-state index < -0.39 is 6.23 Å². The molecule has 10 nitrogen and oxygen atoms in total. The molecule has 1 rings (SSSR count). The number of rotatable bonds is 15. The molecule has 1 unspecified atom stereocenters. The third-order valence-corrected chi connectivity index (χ3v) is 3.21. The average Bonchev–Trinajstić information content (AvgIpc) is 2.69. The van der Waals surface area contributed by atoms with E-state index in [1.54, 1.807) is 30.5 Å². The lowest BCUT2D eigenvalue weighted by molar-refractivity contribution is -0.122. The van der Waals surface area contributed by atoms with Gasteiger partial charge >= 0.3 is 0 Å². The molecule has 0 aliphatic rings. The maximum absolute atomic E-state index is 12.1. The second-order valence-corrected chi connectivity index (χ2v) is 5.54. The Bertz CT molecular complexity index is 691. The van der Waals surface area contributed by atoms with Crippen LogP contribution in [0.2, 0.25) is 0 Å². The summed E-state index contributed by atoms with van der Waals surface area (Å²) in [6.07, 6.45) is 0.687. The van der Waals surface area contributed by atoms with Gasteiger partial charge in [0.25, 0.3) is 5.91 Å². The summed E-state index contributed by atoms with van der Waals surface area (Å²) in [5.74, 6) is 0.115. The zero-order valence-electron chi connectivity index (χ0n) is 15.8. The highest BCUT2D eigenvalue weighted by atomic mass is 16.6. The van der Waals surface area contributed by atoms with Crippen molar-refractivity contribution in [3.8, 4) is 5.75 Å². The van der Waals surface area contributed by atoms with Crippen molar-refractivity contribution in [3.05, 3.63) is 53.1 Å². The number of carbonyl (C=O) groups is 2. The summed E-state index contributed by atoms with van der Waals surface area (Å²) in [7, 11) is 0. The number of hydrogen-bond acceptors (Lipinski definition) is 7. The lowest BCUT2D eigenvalue weighted by atomic mass is 10.2. The number of nitrogens with one attached hydrogen (secondary N) is 2. The smallest absolute Gasteiger partial charge is 0.251 e. The molecule has 28 heavy (non-hydrogen) atoms. The number of amides is 1. The van der Waals surface area contributed by atoms with Gasteiger partial charge in [-0.2, -0.15) is 0 Å². The van der Waals surface area contributed by atoms with Crippen molar-refractivity contribution in [3.63, 3.8) is 0 Å². The Kier molecular flexibility index (Phi) is 11.5. The number of ether oxygens (including phenoxy) is 3. The van der Waals surface area contributed by atoms with Gasteiger partial charge in [-0.25, -0.2) is 0 Å². The highest BCUT2D eigenvalue weighted by Gasteiger charge is 2.10. The molecule has 0 fully saturated rings. The van der Waals surface area contributed by atoms with Gasteiger partial charge in [-0.3, -0.25) is 9.59 Å². The first kappa shape index (κ1) is 23.0. The molecule has 1 amide bonds. The lowest BCUT2D eigenvalue weighted by Crippen LogP contribution is -2.30. The molecule has 2 N–H and O–H groups in total. The van der Waals surface area contributed by atoms with Gasteiger partial charge in [0.2, 0.25) is 0 Å². The van der Waals surface area contributed by atoms with E-state index in [2.05, 4.69) is 27.2 Å². The molecule has 0 radical (unpaired) electrons. The molecular formula is C18H25N5O5. The fraction of sp³-hybridized carbons (Fsp3) is 0.444. The second-order valence-electron chi connectivity index (χ2n) is 5.54. The average molecular weight is 391 g/mol. The number of carbonyl (C=O) groups excluding carboxylic acids is 2. The fourth-order valence-electron chi connectivity index (χ4n) is 1.98. The van der Waals surface area contributed by atoms with Gasteiger partial charge in [0.15, 0.2) is 12.0 Å². The molecule has 1 aromatic carbocycles. The summed E-state index contributed by atoms with van der Waals surface area (Å²) in [4.78, 5) is 25.6. The molecule has 0 heterocycles. The number of ketones is 1. The molecule has 1 atom stereocenters. The van der Waals surface area contributed by atoms with Crippen LogP contribution in [0.15, 0.2) is 42.2 Å². The fourth-order valence-corrected chi connectivity index (χ4v) is 1.98. The van der Waals surface area contributed by atoms with Crippen LogP contribution in [0.4, 0.5) is 0 Å². The van der Waals surface area contributed by atoms with Crippen molar-refractivity contribution in [2.24, 2.45) is 5.11 Å². The molecule has 152 valence electrons. The van der Waals surface area contributed by atoms with Gasteiger partial charge < -0.3 is 24.8 Å². The molecule has 0 aliphatic heterocycles. The Morgan fingerprint density at radius 2 is 2.18 bits per heavy atom. The van der Waals surface area contributed by atoms with Crippen molar-refractivity contribution in [1.29, 1.82) is 0 Å². The topological polar surface area (TPSA) is 135 Å². The molecule has 1 aromatic rings. The first-order valence-corrected chi connectivity index (χ1v) is 8.65. The first-order chi connectivity index (χ1) is 13.6. The number of benzene rings is 1. The maximum atomic E-state index is 12.1. The molecule has 0 aliphatic carbocycles. The second kappa shape index (κ2) is 14.0. The van der Waals surface area contributed by atoms with Crippen LogP contribution in [0.1, 0.15) is 17.3 Å². The normalized spacial score (nSPS) is 11.0. The van der Waals surface area contributed by atoms with Crippen molar-refractivity contribution in [1.82, 2.24) is 10.6 Å². The molecule has 0 aromatic heterocycles. The van der Waals surface area contributed by atoms with Gasteiger partial charge in [0.1, 0.15) is 19.0 Å². The van der Waals surface area contributed by atoms with E-state index in [0.717, 1.165) is 0 Å². The van der Waals surface area contributed by atoms with E-state index in [1.807, 2.05) is 0 Å². The van der Waals surface area contributed by atoms with E-state index in [-0.39, 0.29) is 38.1 Å². The zero-order valence-corrected chi connectivity index (χ0v) is 15.8. The Hall–Kier alpha value is -3.07. The van der Waals surface area contributed by atoms with Crippen molar-refractivity contribution in [2.45, 2.75) is 13.2 Å². The Labute approximate surface area is 163 Å². The number of nitrogens with zero attached hydrogens (tertiary/aromatic N) is 3. The Balaban J connectivity index is 2.47. The molecule has 0 saturated carbocycles. The van der Waals surface area contributed by atoms with E-state index in [0.29, 0.717) is 24.4 Å². The van der Waals surface area contributed by atoms with Crippen LogP contribution in [0.25, 0.3) is 10.4 Å². The van der Waals surface area contributed by atoms with Gasteiger partial charge in [-0.1, -0.05) is 17.8 Å². The van der Waals surface area contributed by atoms with Crippen LogP contribution in [0.5, 0.6) is 5.75 Å².